The molecule has 6 heteroatoms. The predicted octanol–water partition coefficient (Wildman–Crippen LogP) is 3.12. The second-order valence-electron chi connectivity index (χ2n) is 6.00. The monoisotopic (exact) mass is 354 g/mol. The molecule has 2 aromatic heterocycles. The minimum absolute atomic E-state index is 0.146. The van der Waals surface area contributed by atoms with Crippen molar-refractivity contribution in [1.82, 2.24) is 4.57 Å². The summed E-state index contributed by atoms with van der Waals surface area (Å²) in [7, 11) is 3.58. The molecular formula is C19H18N2O3S. The second-order valence-corrected chi connectivity index (χ2v) is 7.07. The standard InChI is InChI=1S/C19H18N2O3S/c1-21-18-14-9-10-24-15(14)7-8-16(18)25-19(21)20-17(22)11-12-3-5-13(23-2)6-4-12/h3-6,9-10H,7-8,11H2,1-2H3. The Balaban J connectivity index is 1.63. The van der Waals surface area contributed by atoms with Crippen LogP contribution in [0.3, 0.4) is 0 Å². The highest BCUT2D eigenvalue weighted by atomic mass is 32.1. The molecule has 0 unspecified atom stereocenters. The number of aryl methyl sites for hydroxylation is 2. The minimum atomic E-state index is -0.146. The van der Waals surface area contributed by atoms with Gasteiger partial charge in [-0.05, 0) is 30.2 Å². The average molecular weight is 354 g/mol. The molecule has 1 aromatic carbocycles. The lowest BCUT2D eigenvalue weighted by Crippen LogP contribution is -2.15. The molecule has 0 spiro atoms. The highest BCUT2D eigenvalue weighted by Crippen LogP contribution is 2.35. The quantitative estimate of drug-likeness (QED) is 0.726. The van der Waals surface area contributed by atoms with Gasteiger partial charge in [0.1, 0.15) is 11.5 Å². The van der Waals surface area contributed by atoms with Crippen molar-refractivity contribution in [2.75, 3.05) is 7.11 Å². The van der Waals surface area contributed by atoms with Crippen LogP contribution in [0.15, 0.2) is 46.0 Å². The molecule has 0 radical (unpaired) electrons. The lowest BCUT2D eigenvalue weighted by atomic mass is 10.0. The molecule has 1 aliphatic rings. The van der Waals surface area contributed by atoms with E-state index < -0.39 is 0 Å². The van der Waals surface area contributed by atoms with Crippen molar-refractivity contribution in [3.63, 3.8) is 0 Å². The van der Waals surface area contributed by atoms with Gasteiger partial charge in [0.2, 0.25) is 0 Å². The van der Waals surface area contributed by atoms with Crippen molar-refractivity contribution in [2.45, 2.75) is 19.3 Å². The molecule has 1 aliphatic carbocycles. The van der Waals surface area contributed by atoms with Crippen LogP contribution in [-0.2, 0) is 31.1 Å². The Morgan fingerprint density at radius 2 is 2.08 bits per heavy atom. The van der Waals surface area contributed by atoms with E-state index in [4.69, 9.17) is 9.15 Å². The van der Waals surface area contributed by atoms with Crippen LogP contribution in [0.2, 0.25) is 0 Å². The minimum Gasteiger partial charge on any atom is -0.497 e. The van der Waals surface area contributed by atoms with Gasteiger partial charge in [-0.3, -0.25) is 4.79 Å². The number of ether oxygens (including phenoxy) is 1. The largest absolute Gasteiger partial charge is 0.497 e. The van der Waals surface area contributed by atoms with Crippen LogP contribution in [-0.4, -0.2) is 17.6 Å². The number of nitrogens with zero attached hydrogens (tertiary/aromatic N) is 2. The van der Waals surface area contributed by atoms with Gasteiger partial charge >= 0.3 is 0 Å². The third-order valence-corrected chi connectivity index (χ3v) is 5.61. The molecule has 0 saturated carbocycles. The number of furan rings is 1. The van der Waals surface area contributed by atoms with Gasteiger partial charge < -0.3 is 13.7 Å². The molecule has 0 saturated heterocycles. The molecule has 1 amide bonds. The highest BCUT2D eigenvalue weighted by Gasteiger charge is 2.23. The van der Waals surface area contributed by atoms with Gasteiger partial charge in [0.25, 0.3) is 5.91 Å². The number of benzene rings is 1. The number of hydrogen-bond donors (Lipinski definition) is 0. The molecule has 0 atom stereocenters. The van der Waals surface area contributed by atoms with Crippen molar-refractivity contribution in [1.29, 1.82) is 0 Å². The van der Waals surface area contributed by atoms with E-state index in [1.165, 1.54) is 4.88 Å². The fraction of sp³-hybridized carbons (Fsp3) is 0.263. The Morgan fingerprint density at radius 1 is 1.28 bits per heavy atom. The molecular weight excluding hydrogens is 336 g/mol. The summed E-state index contributed by atoms with van der Waals surface area (Å²) in [5.74, 6) is 1.64. The molecule has 25 heavy (non-hydrogen) atoms. The van der Waals surface area contributed by atoms with Gasteiger partial charge in [0.05, 0.1) is 25.5 Å². The first kappa shape index (κ1) is 15.9. The van der Waals surface area contributed by atoms with Crippen molar-refractivity contribution in [3.05, 3.63) is 57.6 Å². The molecule has 5 nitrogen and oxygen atoms in total. The summed E-state index contributed by atoms with van der Waals surface area (Å²) in [6.07, 6.45) is 3.83. The summed E-state index contributed by atoms with van der Waals surface area (Å²) < 4.78 is 12.7. The lowest BCUT2D eigenvalue weighted by molar-refractivity contribution is -0.117. The molecule has 0 N–H and O–H groups in total. The van der Waals surface area contributed by atoms with E-state index in [0.717, 1.165) is 46.0 Å². The zero-order chi connectivity index (χ0) is 17.4. The molecule has 3 aromatic rings. The first-order valence-corrected chi connectivity index (χ1v) is 8.93. The molecule has 0 bridgehead atoms. The summed E-state index contributed by atoms with van der Waals surface area (Å²) in [5.41, 5.74) is 3.16. The number of carbonyl (C=O) groups is 1. The number of amides is 1. The third-order valence-electron chi connectivity index (χ3n) is 4.42. The number of methoxy groups -OCH3 is 1. The molecule has 0 fully saturated rings. The number of thiazole rings is 1. The van der Waals surface area contributed by atoms with Crippen LogP contribution in [0, 0.1) is 0 Å². The summed E-state index contributed by atoms with van der Waals surface area (Å²) >= 11 is 1.59. The van der Waals surface area contributed by atoms with E-state index in [1.807, 2.05) is 41.9 Å². The van der Waals surface area contributed by atoms with Crippen molar-refractivity contribution < 1.29 is 13.9 Å². The second kappa shape index (κ2) is 6.37. The zero-order valence-corrected chi connectivity index (χ0v) is 14.9. The molecule has 4 rings (SSSR count). The normalized spacial score (nSPS) is 13.4. The van der Waals surface area contributed by atoms with Crippen molar-refractivity contribution >= 4 is 17.2 Å². The molecule has 2 heterocycles. The Morgan fingerprint density at radius 3 is 2.84 bits per heavy atom. The van der Waals surface area contributed by atoms with E-state index in [1.54, 1.807) is 24.7 Å². The van der Waals surface area contributed by atoms with Crippen LogP contribution in [0.1, 0.15) is 16.2 Å². The van der Waals surface area contributed by atoms with E-state index in [9.17, 15) is 4.79 Å². The summed E-state index contributed by atoms with van der Waals surface area (Å²) in [5, 5.41) is 0. The third kappa shape index (κ3) is 2.93. The van der Waals surface area contributed by atoms with Crippen molar-refractivity contribution in [3.8, 4) is 17.0 Å². The summed E-state index contributed by atoms with van der Waals surface area (Å²) in [4.78, 5) is 18.7. The van der Waals surface area contributed by atoms with Crippen LogP contribution in [0.5, 0.6) is 5.75 Å². The highest BCUT2D eigenvalue weighted by molar-refractivity contribution is 7.09. The Kier molecular flexibility index (Phi) is 4.05. The molecule has 128 valence electrons. The molecule has 0 aliphatic heterocycles. The summed E-state index contributed by atoms with van der Waals surface area (Å²) in [6, 6.07) is 9.48. The Bertz CT molecular complexity index is 993. The first-order chi connectivity index (χ1) is 12.2. The maximum Gasteiger partial charge on any atom is 0.252 e. The van der Waals surface area contributed by atoms with Crippen LogP contribution in [0.25, 0.3) is 11.3 Å². The Labute approximate surface area is 149 Å². The number of carbonyl (C=O) groups excluding carboxylic acids is 1. The number of hydrogen-bond acceptors (Lipinski definition) is 4. The maximum atomic E-state index is 12.4. The van der Waals surface area contributed by atoms with E-state index in [-0.39, 0.29) is 12.3 Å². The fourth-order valence-corrected chi connectivity index (χ4v) is 4.29. The maximum absolute atomic E-state index is 12.4. The van der Waals surface area contributed by atoms with E-state index >= 15 is 0 Å². The average Bonchev–Trinajstić information content (AvgIpc) is 3.20. The van der Waals surface area contributed by atoms with Gasteiger partial charge in [0, 0.05) is 23.9 Å². The van der Waals surface area contributed by atoms with Crippen LogP contribution >= 0.6 is 11.3 Å². The summed E-state index contributed by atoms with van der Waals surface area (Å²) in [6.45, 7) is 0. The number of aromatic nitrogens is 1. The van der Waals surface area contributed by atoms with Crippen molar-refractivity contribution in [2.24, 2.45) is 12.0 Å². The predicted molar refractivity (Wildman–Crippen MR) is 95.7 cm³/mol. The van der Waals surface area contributed by atoms with Crippen LogP contribution in [0.4, 0.5) is 0 Å². The van der Waals surface area contributed by atoms with Crippen LogP contribution < -0.4 is 9.54 Å². The van der Waals surface area contributed by atoms with Gasteiger partial charge in [0.15, 0.2) is 4.80 Å². The lowest BCUT2D eigenvalue weighted by Gasteiger charge is -2.11. The zero-order valence-electron chi connectivity index (χ0n) is 14.1. The SMILES string of the molecule is COc1ccc(CC(=O)N=c2sc3c(n2C)-c2ccoc2CC3)cc1. The Hall–Kier alpha value is -2.60. The van der Waals surface area contributed by atoms with Gasteiger partial charge in [-0.2, -0.15) is 4.99 Å². The first-order valence-electron chi connectivity index (χ1n) is 8.11. The number of fused-ring (bicyclic) bond motifs is 3. The number of rotatable bonds is 3. The fourth-order valence-electron chi connectivity index (χ4n) is 3.14. The smallest absolute Gasteiger partial charge is 0.252 e. The topological polar surface area (TPSA) is 56.7 Å². The van der Waals surface area contributed by atoms with Gasteiger partial charge in [-0.1, -0.05) is 12.1 Å². The van der Waals surface area contributed by atoms with E-state index in [0.29, 0.717) is 0 Å². The van der Waals surface area contributed by atoms with Gasteiger partial charge in [-0.15, -0.1) is 11.3 Å². The van der Waals surface area contributed by atoms with E-state index in [2.05, 4.69) is 4.99 Å². The van der Waals surface area contributed by atoms with Gasteiger partial charge in [-0.25, -0.2) is 0 Å².